The van der Waals surface area contributed by atoms with Crippen LogP contribution in [0.2, 0.25) is 0 Å². The van der Waals surface area contributed by atoms with Gasteiger partial charge in [0.15, 0.2) is 0 Å². The van der Waals surface area contributed by atoms with Crippen molar-refractivity contribution in [2.45, 2.75) is 57.2 Å². The molecule has 2 rings (SSSR count). The monoisotopic (exact) mass is 365 g/mol. The van der Waals surface area contributed by atoms with Gasteiger partial charge in [0.1, 0.15) is 30.0 Å². The Morgan fingerprint density at radius 1 is 1.35 bits per heavy atom. The number of amides is 3. The van der Waals surface area contributed by atoms with Crippen molar-refractivity contribution in [1.29, 1.82) is 0 Å². The predicted octanol–water partition coefficient (Wildman–Crippen LogP) is 0.762. The number of nitrogens with one attached hydrogen (secondary N) is 2. The van der Waals surface area contributed by atoms with Crippen LogP contribution in [-0.2, 0) is 19.1 Å². The third-order valence-electron chi connectivity index (χ3n) is 4.57. The van der Waals surface area contributed by atoms with Gasteiger partial charge in [-0.1, -0.05) is 6.08 Å². The molecule has 3 atom stereocenters. The van der Waals surface area contributed by atoms with E-state index in [1.165, 1.54) is 4.90 Å². The van der Waals surface area contributed by atoms with E-state index in [-0.39, 0.29) is 24.3 Å². The second kappa shape index (κ2) is 7.47. The van der Waals surface area contributed by atoms with Crippen molar-refractivity contribution in [3.8, 4) is 0 Å². The molecule has 0 aromatic heterocycles. The number of hydrogen-bond donors (Lipinski definition) is 2. The zero-order chi connectivity index (χ0) is 19.5. The summed E-state index contributed by atoms with van der Waals surface area (Å²) in [5.74, 6) is -0.766. The van der Waals surface area contributed by atoms with Crippen LogP contribution in [0.15, 0.2) is 12.7 Å². The fraction of sp³-hybridized carbons (Fsp3) is 0.667. The summed E-state index contributed by atoms with van der Waals surface area (Å²) in [6.07, 6.45) is 3.46. The lowest BCUT2D eigenvalue weighted by atomic mass is 10.1. The molecule has 2 fully saturated rings. The van der Waals surface area contributed by atoms with Gasteiger partial charge in [-0.05, 0) is 40.0 Å². The van der Waals surface area contributed by atoms with Crippen LogP contribution in [0.3, 0.4) is 0 Å². The Morgan fingerprint density at radius 3 is 2.58 bits per heavy atom. The van der Waals surface area contributed by atoms with Gasteiger partial charge in [0.25, 0.3) is 0 Å². The predicted molar refractivity (Wildman–Crippen MR) is 94.2 cm³/mol. The number of carbonyl (C=O) groups is 4. The number of nitrogens with zero attached hydrogens (tertiary/aromatic N) is 1. The van der Waals surface area contributed by atoms with Gasteiger partial charge in [-0.25, -0.2) is 4.79 Å². The Hall–Kier alpha value is -2.38. The maximum absolute atomic E-state index is 12.6. The highest BCUT2D eigenvalue weighted by atomic mass is 16.6. The molecule has 1 aliphatic heterocycles. The molecule has 1 saturated carbocycles. The van der Waals surface area contributed by atoms with Gasteiger partial charge in [-0.15, -0.1) is 6.58 Å². The Morgan fingerprint density at radius 2 is 2.04 bits per heavy atom. The Bertz CT molecular complexity index is 612. The molecule has 2 N–H and O–H groups in total. The van der Waals surface area contributed by atoms with Crippen molar-refractivity contribution in [1.82, 2.24) is 15.5 Å². The van der Waals surface area contributed by atoms with E-state index in [1.54, 1.807) is 26.8 Å². The average Bonchev–Trinajstić information content (AvgIpc) is 3.02. The third-order valence-corrected chi connectivity index (χ3v) is 4.57. The lowest BCUT2D eigenvalue weighted by molar-refractivity contribution is -0.138. The van der Waals surface area contributed by atoms with Crippen LogP contribution in [0.25, 0.3) is 0 Å². The van der Waals surface area contributed by atoms with E-state index in [0.29, 0.717) is 25.8 Å². The first-order chi connectivity index (χ1) is 12.1. The second-order valence-electron chi connectivity index (χ2n) is 7.79. The van der Waals surface area contributed by atoms with Crippen LogP contribution in [0.5, 0.6) is 0 Å². The third kappa shape index (κ3) is 4.62. The van der Waals surface area contributed by atoms with E-state index in [1.807, 2.05) is 0 Å². The van der Waals surface area contributed by atoms with E-state index < -0.39 is 23.3 Å². The fourth-order valence-corrected chi connectivity index (χ4v) is 3.12. The molecule has 2 aliphatic rings. The molecular weight excluding hydrogens is 338 g/mol. The zero-order valence-corrected chi connectivity index (χ0v) is 15.5. The Balaban J connectivity index is 1.89. The number of hydrogen-bond acceptors (Lipinski definition) is 5. The minimum absolute atomic E-state index is 0.0664. The van der Waals surface area contributed by atoms with Gasteiger partial charge in [-0.3, -0.25) is 9.59 Å². The normalized spacial score (nSPS) is 27.4. The lowest BCUT2D eigenvalue weighted by Crippen LogP contribution is -2.52. The molecule has 0 spiro atoms. The summed E-state index contributed by atoms with van der Waals surface area (Å²) in [6, 6.07) is -0.633. The number of carbonyl (C=O) groups excluding carboxylic acids is 4. The Labute approximate surface area is 153 Å². The van der Waals surface area contributed by atoms with E-state index >= 15 is 0 Å². The molecule has 3 unspecified atom stereocenters. The highest BCUT2D eigenvalue weighted by Gasteiger charge is 2.54. The molecule has 8 nitrogen and oxygen atoms in total. The molecule has 0 radical (unpaired) electrons. The quantitative estimate of drug-likeness (QED) is 0.534. The van der Waals surface area contributed by atoms with Crippen LogP contribution in [-0.4, -0.2) is 59.4 Å². The maximum atomic E-state index is 12.6. The number of ether oxygens (including phenoxy) is 1. The van der Waals surface area contributed by atoms with E-state index in [2.05, 4.69) is 17.2 Å². The molecule has 1 heterocycles. The zero-order valence-electron chi connectivity index (χ0n) is 15.5. The molecule has 1 saturated heterocycles. The Kier molecular flexibility index (Phi) is 5.73. The smallest absolute Gasteiger partial charge is 0.408 e. The van der Waals surface area contributed by atoms with E-state index in [0.717, 1.165) is 6.29 Å². The van der Waals surface area contributed by atoms with Crippen LogP contribution in [0, 0.1) is 5.92 Å². The summed E-state index contributed by atoms with van der Waals surface area (Å²) in [7, 11) is 0. The van der Waals surface area contributed by atoms with Crippen LogP contribution < -0.4 is 10.6 Å². The molecule has 0 aromatic carbocycles. The van der Waals surface area contributed by atoms with Crippen molar-refractivity contribution in [3.05, 3.63) is 12.7 Å². The van der Waals surface area contributed by atoms with Gasteiger partial charge in [0, 0.05) is 12.5 Å². The van der Waals surface area contributed by atoms with Crippen molar-refractivity contribution in [3.63, 3.8) is 0 Å². The van der Waals surface area contributed by atoms with Crippen LogP contribution >= 0.6 is 0 Å². The molecule has 1 aliphatic carbocycles. The van der Waals surface area contributed by atoms with Gasteiger partial charge < -0.3 is 25.1 Å². The number of alkyl carbamates (subject to hydrolysis) is 1. The van der Waals surface area contributed by atoms with Gasteiger partial charge >= 0.3 is 6.09 Å². The van der Waals surface area contributed by atoms with Crippen LogP contribution in [0.4, 0.5) is 4.79 Å². The summed E-state index contributed by atoms with van der Waals surface area (Å²) in [5.41, 5.74) is -1.54. The summed E-state index contributed by atoms with van der Waals surface area (Å²) < 4.78 is 5.09. The summed E-state index contributed by atoms with van der Waals surface area (Å²) in [4.78, 5) is 49.4. The number of likely N-dealkylation sites (tertiary alicyclic amines) is 1. The van der Waals surface area contributed by atoms with Crippen LogP contribution in [0.1, 0.15) is 40.0 Å². The fourth-order valence-electron chi connectivity index (χ4n) is 3.12. The molecule has 0 bridgehead atoms. The van der Waals surface area contributed by atoms with Gasteiger partial charge in [0.2, 0.25) is 11.8 Å². The lowest BCUT2D eigenvalue weighted by Gasteiger charge is -2.26. The van der Waals surface area contributed by atoms with Crippen molar-refractivity contribution in [2.24, 2.45) is 5.92 Å². The second-order valence-corrected chi connectivity index (χ2v) is 7.79. The van der Waals surface area contributed by atoms with Gasteiger partial charge in [-0.2, -0.15) is 0 Å². The van der Waals surface area contributed by atoms with Crippen molar-refractivity contribution in [2.75, 3.05) is 13.1 Å². The topological polar surface area (TPSA) is 105 Å². The van der Waals surface area contributed by atoms with Crippen molar-refractivity contribution < 1.29 is 23.9 Å². The first-order valence-electron chi connectivity index (χ1n) is 8.79. The molecular formula is C18H27N3O5. The highest BCUT2D eigenvalue weighted by Crippen LogP contribution is 2.42. The molecule has 144 valence electrons. The standard InChI is InChI=1S/C18H27N3O5/c1-5-12-9-18(12,11-22)20-15(24)13-7-6-8-21(13)14(23)10-19-16(25)26-17(2,3)4/h5,11-13H,1,6-10H2,2-4H3,(H,19,25)(H,20,24). The minimum atomic E-state index is -0.884. The maximum Gasteiger partial charge on any atom is 0.408 e. The van der Waals surface area contributed by atoms with E-state index in [4.69, 9.17) is 4.74 Å². The summed E-state index contributed by atoms with van der Waals surface area (Å²) in [5, 5.41) is 5.17. The van der Waals surface area contributed by atoms with Crippen molar-refractivity contribution >= 4 is 24.2 Å². The molecule has 26 heavy (non-hydrogen) atoms. The number of aldehydes is 1. The first kappa shape index (κ1) is 19.9. The summed E-state index contributed by atoms with van der Waals surface area (Å²) >= 11 is 0. The number of rotatable bonds is 6. The molecule has 8 heteroatoms. The van der Waals surface area contributed by atoms with Gasteiger partial charge in [0.05, 0.1) is 0 Å². The first-order valence-corrected chi connectivity index (χ1v) is 8.79. The summed E-state index contributed by atoms with van der Waals surface area (Å²) in [6.45, 7) is 9.03. The average molecular weight is 365 g/mol. The molecule has 0 aromatic rings. The highest BCUT2D eigenvalue weighted by molar-refractivity contribution is 5.92. The minimum Gasteiger partial charge on any atom is -0.444 e. The largest absolute Gasteiger partial charge is 0.444 e. The SMILES string of the molecule is C=CC1CC1(C=O)NC(=O)C1CCCN1C(=O)CNC(=O)OC(C)(C)C. The van der Waals surface area contributed by atoms with E-state index in [9.17, 15) is 19.2 Å². The molecule has 3 amide bonds.